The van der Waals surface area contributed by atoms with Gasteiger partial charge in [0.25, 0.3) is 0 Å². The lowest BCUT2D eigenvalue weighted by Crippen LogP contribution is -2.18. The van der Waals surface area contributed by atoms with Crippen LogP contribution in [0.5, 0.6) is 0 Å². The summed E-state index contributed by atoms with van der Waals surface area (Å²) in [5.74, 6) is 0.368. The number of sulfone groups is 1. The summed E-state index contributed by atoms with van der Waals surface area (Å²) >= 11 is 5.94. The maximum atomic E-state index is 11.3. The summed E-state index contributed by atoms with van der Waals surface area (Å²) in [7, 11) is -2.87. The number of hydrogen-bond acceptors (Lipinski definition) is 2. The van der Waals surface area contributed by atoms with Crippen LogP contribution in [0, 0.1) is 0 Å². The summed E-state index contributed by atoms with van der Waals surface area (Å²) in [5, 5.41) is 0.687. The van der Waals surface area contributed by atoms with Crippen molar-refractivity contribution in [2.75, 3.05) is 5.75 Å². The molecule has 13 heavy (non-hydrogen) atoms. The molecule has 0 atom stereocenters. The van der Waals surface area contributed by atoms with Crippen LogP contribution in [-0.4, -0.2) is 14.2 Å². The molecular formula is C9H9ClO2S. The first-order valence-corrected chi connectivity index (χ1v) is 6.25. The predicted molar refractivity (Wildman–Crippen MR) is 52.6 cm³/mol. The maximum absolute atomic E-state index is 11.3. The third-order valence-corrected chi connectivity index (χ3v) is 4.19. The van der Waals surface area contributed by atoms with Crippen LogP contribution in [0.25, 0.3) is 0 Å². The quantitative estimate of drug-likeness (QED) is 0.663. The fourth-order valence-electron chi connectivity index (χ4n) is 1.59. The molecule has 0 saturated heterocycles. The Hall–Kier alpha value is -0.540. The third kappa shape index (κ3) is 1.71. The molecular weight excluding hydrogens is 208 g/mol. The second-order valence-corrected chi connectivity index (χ2v) is 5.81. The van der Waals surface area contributed by atoms with Gasteiger partial charge in [-0.1, -0.05) is 23.7 Å². The number of benzene rings is 1. The highest BCUT2D eigenvalue weighted by atomic mass is 35.5. The Morgan fingerprint density at radius 1 is 1.31 bits per heavy atom. The van der Waals surface area contributed by atoms with Gasteiger partial charge in [0.2, 0.25) is 0 Å². The molecule has 0 aromatic heterocycles. The second kappa shape index (κ2) is 3.00. The molecule has 2 nitrogen and oxygen atoms in total. The lowest BCUT2D eigenvalue weighted by atomic mass is 10.1. The van der Waals surface area contributed by atoms with Gasteiger partial charge in [-0.05, 0) is 23.6 Å². The first-order chi connectivity index (χ1) is 6.08. The van der Waals surface area contributed by atoms with E-state index >= 15 is 0 Å². The molecule has 0 spiro atoms. The van der Waals surface area contributed by atoms with Gasteiger partial charge >= 0.3 is 0 Å². The highest BCUT2D eigenvalue weighted by Gasteiger charge is 2.22. The van der Waals surface area contributed by atoms with E-state index in [1.54, 1.807) is 12.1 Å². The van der Waals surface area contributed by atoms with E-state index in [0.29, 0.717) is 11.4 Å². The van der Waals surface area contributed by atoms with E-state index < -0.39 is 9.84 Å². The highest BCUT2D eigenvalue weighted by Crippen LogP contribution is 2.26. The molecule has 0 N–H and O–H groups in total. The number of rotatable bonds is 0. The fourth-order valence-corrected chi connectivity index (χ4v) is 3.28. The molecule has 0 radical (unpaired) electrons. The van der Waals surface area contributed by atoms with Crippen molar-refractivity contribution in [3.05, 3.63) is 34.3 Å². The average Bonchev–Trinajstić information content (AvgIpc) is 2.02. The first-order valence-electron chi connectivity index (χ1n) is 4.05. The minimum Gasteiger partial charge on any atom is -0.228 e. The van der Waals surface area contributed by atoms with E-state index in [1.165, 1.54) is 0 Å². The summed E-state index contributed by atoms with van der Waals surface area (Å²) in [6.45, 7) is 0. The Kier molecular flexibility index (Phi) is 2.08. The molecule has 0 unspecified atom stereocenters. The van der Waals surface area contributed by atoms with Crippen LogP contribution < -0.4 is 0 Å². The van der Waals surface area contributed by atoms with Crippen LogP contribution in [0.2, 0.25) is 5.02 Å². The van der Waals surface area contributed by atoms with Gasteiger partial charge in [0.15, 0.2) is 9.84 Å². The van der Waals surface area contributed by atoms with Crippen molar-refractivity contribution in [3.63, 3.8) is 0 Å². The van der Waals surface area contributed by atoms with Gasteiger partial charge in [0, 0.05) is 5.02 Å². The van der Waals surface area contributed by atoms with Crippen LogP contribution in [0.15, 0.2) is 18.2 Å². The Morgan fingerprint density at radius 2 is 2.08 bits per heavy atom. The van der Waals surface area contributed by atoms with Crippen LogP contribution in [0.3, 0.4) is 0 Å². The van der Waals surface area contributed by atoms with E-state index in [1.807, 2.05) is 6.07 Å². The molecule has 0 fully saturated rings. The second-order valence-electron chi connectivity index (χ2n) is 3.22. The van der Waals surface area contributed by atoms with Gasteiger partial charge in [-0.25, -0.2) is 8.42 Å². The topological polar surface area (TPSA) is 34.1 Å². The van der Waals surface area contributed by atoms with E-state index in [9.17, 15) is 8.42 Å². The smallest absolute Gasteiger partial charge is 0.154 e. The van der Waals surface area contributed by atoms with Gasteiger partial charge in [-0.15, -0.1) is 0 Å². The zero-order chi connectivity index (χ0) is 9.47. The number of fused-ring (bicyclic) bond motifs is 1. The standard InChI is InChI=1S/C9H9ClO2S/c10-9-3-1-2-7-6-13(11,12)5-4-8(7)9/h1-3H,4-6H2. The van der Waals surface area contributed by atoms with Gasteiger partial charge in [0.1, 0.15) is 0 Å². The molecule has 2 rings (SSSR count). The summed E-state index contributed by atoms with van der Waals surface area (Å²) < 4.78 is 22.6. The summed E-state index contributed by atoms with van der Waals surface area (Å²) in [5.41, 5.74) is 1.86. The van der Waals surface area contributed by atoms with Crippen LogP contribution in [0.1, 0.15) is 11.1 Å². The Labute approximate surface area is 82.4 Å². The van der Waals surface area contributed by atoms with Crippen molar-refractivity contribution < 1.29 is 8.42 Å². The van der Waals surface area contributed by atoms with E-state index in [4.69, 9.17) is 11.6 Å². The van der Waals surface area contributed by atoms with Gasteiger partial charge in [-0.2, -0.15) is 0 Å². The third-order valence-electron chi connectivity index (χ3n) is 2.25. The lowest BCUT2D eigenvalue weighted by molar-refractivity contribution is 0.591. The maximum Gasteiger partial charge on any atom is 0.154 e. The monoisotopic (exact) mass is 216 g/mol. The van der Waals surface area contributed by atoms with Gasteiger partial charge < -0.3 is 0 Å². The minimum atomic E-state index is -2.87. The van der Waals surface area contributed by atoms with Crippen molar-refractivity contribution >= 4 is 21.4 Å². The fraction of sp³-hybridized carbons (Fsp3) is 0.333. The van der Waals surface area contributed by atoms with E-state index in [-0.39, 0.29) is 11.5 Å². The number of halogens is 1. The normalized spacial score (nSPS) is 19.5. The van der Waals surface area contributed by atoms with Crippen LogP contribution in [-0.2, 0) is 22.0 Å². The van der Waals surface area contributed by atoms with Crippen molar-refractivity contribution in [2.24, 2.45) is 0 Å². The number of hydrogen-bond donors (Lipinski definition) is 0. The van der Waals surface area contributed by atoms with Crippen LogP contribution >= 0.6 is 11.6 Å². The molecule has 0 aliphatic carbocycles. The van der Waals surface area contributed by atoms with Crippen molar-refractivity contribution in [1.29, 1.82) is 0 Å². The molecule has 1 aliphatic heterocycles. The predicted octanol–water partition coefficient (Wildman–Crippen LogP) is 1.81. The summed E-state index contributed by atoms with van der Waals surface area (Å²) in [6.07, 6.45) is 0.553. The van der Waals surface area contributed by atoms with Crippen molar-refractivity contribution in [3.8, 4) is 0 Å². The van der Waals surface area contributed by atoms with Crippen molar-refractivity contribution in [2.45, 2.75) is 12.2 Å². The van der Waals surface area contributed by atoms with Crippen molar-refractivity contribution in [1.82, 2.24) is 0 Å². The molecule has 4 heteroatoms. The Bertz CT molecular complexity index is 437. The molecule has 0 saturated carbocycles. The molecule has 1 heterocycles. The van der Waals surface area contributed by atoms with E-state index in [2.05, 4.69) is 0 Å². The Balaban J connectivity index is 2.54. The molecule has 0 bridgehead atoms. The molecule has 1 aromatic carbocycles. The van der Waals surface area contributed by atoms with Crippen LogP contribution in [0.4, 0.5) is 0 Å². The molecule has 1 aromatic rings. The molecule has 70 valence electrons. The molecule has 0 amide bonds. The summed E-state index contributed by atoms with van der Waals surface area (Å²) in [4.78, 5) is 0. The SMILES string of the molecule is O=S1(=O)CCc2c(Cl)cccc2C1. The zero-order valence-corrected chi connectivity index (χ0v) is 8.53. The highest BCUT2D eigenvalue weighted by molar-refractivity contribution is 7.90. The zero-order valence-electron chi connectivity index (χ0n) is 6.96. The molecule has 1 aliphatic rings. The summed E-state index contributed by atoms with van der Waals surface area (Å²) in [6, 6.07) is 5.43. The van der Waals surface area contributed by atoms with E-state index in [0.717, 1.165) is 11.1 Å². The Morgan fingerprint density at radius 3 is 2.85 bits per heavy atom. The van der Waals surface area contributed by atoms with Gasteiger partial charge in [-0.3, -0.25) is 0 Å². The lowest BCUT2D eigenvalue weighted by Gasteiger charge is -2.16. The largest absolute Gasteiger partial charge is 0.228 e. The first kappa shape index (κ1) is 9.03. The minimum absolute atomic E-state index is 0.142. The van der Waals surface area contributed by atoms with Gasteiger partial charge in [0.05, 0.1) is 11.5 Å². The average molecular weight is 217 g/mol.